The molecule has 0 radical (unpaired) electrons. The topological polar surface area (TPSA) is 108 Å². The number of benzene rings is 1. The van der Waals surface area contributed by atoms with Crippen molar-refractivity contribution in [3.05, 3.63) is 29.8 Å². The molecule has 0 spiro atoms. The lowest BCUT2D eigenvalue weighted by molar-refractivity contribution is -0.137. The number of amides is 3. The third-order valence-corrected chi connectivity index (χ3v) is 3.22. The second kappa shape index (κ2) is 8.33. The number of carbonyl (C=O) groups is 3. The Bertz CT molecular complexity index is 612. The summed E-state index contributed by atoms with van der Waals surface area (Å²) in [6.07, 6.45) is 0.299. The highest BCUT2D eigenvalue weighted by Gasteiger charge is 2.22. The number of carboxylic acid groups (broad SMARTS) is 1. The smallest absolute Gasteiger partial charge is 0.319 e. The van der Waals surface area contributed by atoms with Gasteiger partial charge in [0.1, 0.15) is 0 Å². The summed E-state index contributed by atoms with van der Waals surface area (Å²) >= 11 is 0. The van der Waals surface area contributed by atoms with E-state index in [2.05, 4.69) is 16.0 Å². The summed E-state index contributed by atoms with van der Waals surface area (Å²) in [5, 5.41) is 16.9. The second-order valence-electron chi connectivity index (χ2n) is 6.57. The van der Waals surface area contributed by atoms with Crippen molar-refractivity contribution < 1.29 is 19.5 Å². The zero-order valence-corrected chi connectivity index (χ0v) is 14.5. The number of carbonyl (C=O) groups excluding carboxylic acids is 2. The van der Waals surface area contributed by atoms with Gasteiger partial charge in [0.25, 0.3) is 5.91 Å². The highest BCUT2D eigenvalue weighted by atomic mass is 16.4. The lowest BCUT2D eigenvalue weighted by Gasteiger charge is -2.25. The minimum Gasteiger partial charge on any atom is -0.481 e. The molecule has 1 rings (SSSR count). The Morgan fingerprint density at radius 2 is 1.88 bits per heavy atom. The second-order valence-corrected chi connectivity index (χ2v) is 6.57. The van der Waals surface area contributed by atoms with E-state index in [0.29, 0.717) is 17.7 Å². The molecule has 0 unspecified atom stereocenters. The van der Waals surface area contributed by atoms with Crippen LogP contribution in [0.15, 0.2) is 24.3 Å². The van der Waals surface area contributed by atoms with Gasteiger partial charge in [0.05, 0.1) is 0 Å². The highest BCUT2D eigenvalue weighted by Crippen LogP contribution is 2.15. The van der Waals surface area contributed by atoms with Crippen LogP contribution in [0.3, 0.4) is 0 Å². The predicted octanol–water partition coefficient (Wildman–Crippen LogP) is 2.59. The molecule has 1 aromatic carbocycles. The monoisotopic (exact) mass is 335 g/mol. The van der Waals surface area contributed by atoms with Crippen molar-refractivity contribution in [2.24, 2.45) is 0 Å². The van der Waals surface area contributed by atoms with Crippen molar-refractivity contribution in [3.63, 3.8) is 0 Å². The van der Waals surface area contributed by atoms with Crippen molar-refractivity contribution in [2.45, 2.75) is 52.1 Å². The van der Waals surface area contributed by atoms with Crippen LogP contribution in [-0.2, 0) is 4.79 Å². The standard InChI is InChI=1S/C17H25N3O4/c1-11(2)18-16(24)19-13-7-5-6-12(10-13)15(23)20-17(3,4)9-8-14(21)22/h5-7,10-11H,8-9H2,1-4H3,(H,20,23)(H,21,22)(H2,18,19,24). The summed E-state index contributed by atoms with van der Waals surface area (Å²) in [5.74, 6) is -1.22. The SMILES string of the molecule is CC(C)NC(=O)Nc1cccc(C(=O)NC(C)(C)CCC(=O)O)c1. The molecule has 24 heavy (non-hydrogen) atoms. The molecule has 7 nitrogen and oxygen atoms in total. The third-order valence-electron chi connectivity index (χ3n) is 3.22. The van der Waals surface area contributed by atoms with Gasteiger partial charge in [-0.3, -0.25) is 9.59 Å². The maximum absolute atomic E-state index is 12.3. The lowest BCUT2D eigenvalue weighted by Crippen LogP contribution is -2.43. The van der Waals surface area contributed by atoms with E-state index < -0.39 is 11.5 Å². The van der Waals surface area contributed by atoms with Crippen molar-refractivity contribution in [3.8, 4) is 0 Å². The molecule has 0 aliphatic rings. The van der Waals surface area contributed by atoms with Crippen molar-refractivity contribution in [1.29, 1.82) is 0 Å². The first-order valence-corrected chi connectivity index (χ1v) is 7.81. The predicted molar refractivity (Wildman–Crippen MR) is 92.1 cm³/mol. The molecular weight excluding hydrogens is 310 g/mol. The maximum atomic E-state index is 12.3. The fourth-order valence-corrected chi connectivity index (χ4v) is 2.03. The van der Waals surface area contributed by atoms with Gasteiger partial charge in [0, 0.05) is 29.3 Å². The summed E-state index contributed by atoms with van der Waals surface area (Å²) < 4.78 is 0. The van der Waals surface area contributed by atoms with E-state index in [1.54, 1.807) is 38.1 Å². The molecule has 0 saturated heterocycles. The van der Waals surface area contributed by atoms with Gasteiger partial charge in [-0.15, -0.1) is 0 Å². The van der Waals surface area contributed by atoms with E-state index >= 15 is 0 Å². The zero-order chi connectivity index (χ0) is 18.3. The summed E-state index contributed by atoms with van der Waals surface area (Å²) in [7, 11) is 0. The molecule has 0 bridgehead atoms. The normalized spacial score (nSPS) is 11.0. The Morgan fingerprint density at radius 1 is 1.21 bits per heavy atom. The Balaban J connectivity index is 2.73. The van der Waals surface area contributed by atoms with Gasteiger partial charge >= 0.3 is 12.0 Å². The number of urea groups is 1. The molecular formula is C17H25N3O4. The van der Waals surface area contributed by atoms with Gasteiger partial charge in [-0.05, 0) is 52.3 Å². The number of hydrogen-bond acceptors (Lipinski definition) is 3. The number of hydrogen-bond donors (Lipinski definition) is 4. The lowest BCUT2D eigenvalue weighted by atomic mass is 9.97. The first-order valence-electron chi connectivity index (χ1n) is 7.81. The summed E-state index contributed by atoms with van der Waals surface area (Å²) in [6.45, 7) is 7.24. The molecule has 0 aliphatic heterocycles. The molecule has 7 heteroatoms. The molecule has 0 heterocycles. The first kappa shape index (κ1) is 19.5. The fraction of sp³-hybridized carbons (Fsp3) is 0.471. The molecule has 132 valence electrons. The number of anilines is 1. The van der Waals surface area contributed by atoms with Gasteiger partial charge in [0.15, 0.2) is 0 Å². The Hall–Kier alpha value is -2.57. The summed E-state index contributed by atoms with van der Waals surface area (Å²) in [5.41, 5.74) is 0.248. The van der Waals surface area contributed by atoms with E-state index in [0.717, 1.165) is 0 Å². The van der Waals surface area contributed by atoms with Gasteiger partial charge in [-0.1, -0.05) is 6.07 Å². The Kier molecular flexibility index (Phi) is 6.76. The third kappa shape index (κ3) is 7.13. The molecule has 0 aliphatic carbocycles. The fourth-order valence-electron chi connectivity index (χ4n) is 2.03. The maximum Gasteiger partial charge on any atom is 0.319 e. The van der Waals surface area contributed by atoms with E-state index in [1.807, 2.05) is 13.8 Å². The van der Waals surface area contributed by atoms with Crippen LogP contribution < -0.4 is 16.0 Å². The van der Waals surface area contributed by atoms with E-state index in [4.69, 9.17) is 5.11 Å². The molecule has 0 saturated carbocycles. The minimum absolute atomic E-state index is 0.00603. The molecule has 1 aromatic rings. The summed E-state index contributed by atoms with van der Waals surface area (Å²) in [6, 6.07) is 6.23. The van der Waals surface area contributed by atoms with Gasteiger partial charge in [0.2, 0.25) is 0 Å². The Morgan fingerprint density at radius 3 is 2.46 bits per heavy atom. The number of nitrogens with one attached hydrogen (secondary N) is 3. The number of rotatable bonds is 7. The molecule has 4 N–H and O–H groups in total. The van der Waals surface area contributed by atoms with Crippen LogP contribution in [0, 0.1) is 0 Å². The average molecular weight is 335 g/mol. The van der Waals surface area contributed by atoms with Crippen LogP contribution in [0.2, 0.25) is 0 Å². The zero-order valence-electron chi connectivity index (χ0n) is 14.5. The van der Waals surface area contributed by atoms with Gasteiger partial charge < -0.3 is 21.1 Å². The highest BCUT2D eigenvalue weighted by molar-refractivity contribution is 5.97. The van der Waals surface area contributed by atoms with Crippen molar-refractivity contribution in [2.75, 3.05) is 5.32 Å². The van der Waals surface area contributed by atoms with Crippen LogP contribution in [0.5, 0.6) is 0 Å². The first-order chi connectivity index (χ1) is 11.1. The molecule has 0 aromatic heterocycles. The van der Waals surface area contributed by atoms with Crippen LogP contribution in [0.25, 0.3) is 0 Å². The van der Waals surface area contributed by atoms with E-state index in [1.165, 1.54) is 0 Å². The molecule has 0 fully saturated rings. The van der Waals surface area contributed by atoms with Crippen LogP contribution in [0.4, 0.5) is 10.5 Å². The largest absolute Gasteiger partial charge is 0.481 e. The summed E-state index contributed by atoms with van der Waals surface area (Å²) in [4.78, 5) is 34.7. The molecule has 0 atom stereocenters. The van der Waals surface area contributed by atoms with Crippen LogP contribution in [-0.4, -0.2) is 34.6 Å². The van der Waals surface area contributed by atoms with Crippen molar-refractivity contribution >= 4 is 23.6 Å². The minimum atomic E-state index is -0.903. The van der Waals surface area contributed by atoms with Crippen LogP contribution in [0.1, 0.15) is 50.9 Å². The number of carboxylic acids is 1. The van der Waals surface area contributed by atoms with Gasteiger partial charge in [-0.25, -0.2) is 4.79 Å². The van der Waals surface area contributed by atoms with Gasteiger partial charge in [-0.2, -0.15) is 0 Å². The van der Waals surface area contributed by atoms with Crippen LogP contribution >= 0.6 is 0 Å². The molecule has 3 amide bonds. The Labute approximate surface area is 141 Å². The van der Waals surface area contributed by atoms with Crippen molar-refractivity contribution in [1.82, 2.24) is 10.6 Å². The number of aliphatic carboxylic acids is 1. The van der Waals surface area contributed by atoms with E-state index in [9.17, 15) is 14.4 Å². The quantitative estimate of drug-likeness (QED) is 0.614. The van der Waals surface area contributed by atoms with E-state index in [-0.39, 0.29) is 24.4 Å². The average Bonchev–Trinajstić information content (AvgIpc) is 2.44.